The number of ether oxygens (including phenoxy) is 2. The first-order chi connectivity index (χ1) is 11.3. The van der Waals surface area contributed by atoms with Crippen LogP contribution in [0.15, 0.2) is 24.3 Å². The summed E-state index contributed by atoms with van der Waals surface area (Å²) in [5, 5.41) is 9.91. The van der Waals surface area contributed by atoms with Crippen LogP contribution in [0.2, 0.25) is 0 Å². The van der Waals surface area contributed by atoms with Gasteiger partial charge in [-0.25, -0.2) is 0 Å². The Morgan fingerprint density at radius 2 is 1.58 bits per heavy atom. The topological polar surface area (TPSA) is 72.8 Å². The SMILES string of the molecule is C=C(C)C(=O)CCOC1CCCCC1OCC(O)CC(=O)C(=C)C. The fourth-order valence-corrected chi connectivity index (χ4v) is 2.64. The molecule has 0 radical (unpaired) electrons. The lowest BCUT2D eigenvalue weighted by Crippen LogP contribution is -2.37. The lowest BCUT2D eigenvalue weighted by Gasteiger charge is -2.32. The van der Waals surface area contributed by atoms with Crippen molar-refractivity contribution in [2.75, 3.05) is 13.2 Å². The third kappa shape index (κ3) is 7.51. The molecule has 3 atom stereocenters. The molecule has 1 N–H and O–H groups in total. The van der Waals surface area contributed by atoms with E-state index in [1.807, 2.05) is 0 Å². The average Bonchev–Trinajstić information content (AvgIpc) is 2.53. The van der Waals surface area contributed by atoms with Gasteiger partial charge in [0.25, 0.3) is 0 Å². The molecule has 0 amide bonds. The van der Waals surface area contributed by atoms with E-state index in [0.717, 1.165) is 25.7 Å². The number of ketones is 2. The van der Waals surface area contributed by atoms with Gasteiger partial charge in [0.05, 0.1) is 31.5 Å². The maximum absolute atomic E-state index is 11.6. The smallest absolute Gasteiger partial charge is 0.160 e. The second kappa shape index (κ2) is 10.5. The molecule has 0 aromatic rings. The standard InChI is InChI=1S/C19H30O5/c1-13(2)16(21)9-10-23-18-7-5-6-8-19(18)24-12-15(20)11-17(22)14(3)4/h15,18-20H,1,3,5-12H2,2,4H3. The van der Waals surface area contributed by atoms with Gasteiger partial charge in [-0.1, -0.05) is 26.0 Å². The average molecular weight is 338 g/mol. The lowest BCUT2D eigenvalue weighted by molar-refractivity contribution is -0.126. The van der Waals surface area contributed by atoms with Crippen molar-refractivity contribution in [3.8, 4) is 0 Å². The molecule has 24 heavy (non-hydrogen) atoms. The molecule has 1 saturated carbocycles. The molecule has 0 spiro atoms. The first-order valence-electron chi connectivity index (χ1n) is 8.60. The fourth-order valence-electron chi connectivity index (χ4n) is 2.64. The van der Waals surface area contributed by atoms with E-state index in [2.05, 4.69) is 13.2 Å². The van der Waals surface area contributed by atoms with E-state index in [1.54, 1.807) is 13.8 Å². The Kier molecular flexibility index (Phi) is 9.11. The van der Waals surface area contributed by atoms with Crippen molar-refractivity contribution in [1.29, 1.82) is 0 Å². The van der Waals surface area contributed by atoms with Gasteiger partial charge in [0, 0.05) is 12.8 Å². The quantitative estimate of drug-likeness (QED) is 0.587. The molecule has 0 heterocycles. The van der Waals surface area contributed by atoms with Gasteiger partial charge in [0.15, 0.2) is 11.6 Å². The maximum atomic E-state index is 11.6. The number of Topliss-reactive ketones (excluding diaryl/α,β-unsaturated/α-hetero) is 2. The number of rotatable bonds is 11. The predicted octanol–water partition coefficient (Wildman–Crippen LogP) is 2.76. The summed E-state index contributed by atoms with van der Waals surface area (Å²) in [6, 6.07) is 0. The van der Waals surface area contributed by atoms with Gasteiger partial charge >= 0.3 is 0 Å². The summed E-state index contributed by atoms with van der Waals surface area (Å²) in [6.45, 7) is 11.0. The molecule has 1 aliphatic rings. The number of allylic oxidation sites excluding steroid dienone is 2. The van der Waals surface area contributed by atoms with Gasteiger partial charge < -0.3 is 14.6 Å². The fraction of sp³-hybridized carbons (Fsp3) is 0.684. The number of aliphatic hydroxyl groups excluding tert-OH is 1. The van der Waals surface area contributed by atoms with Gasteiger partial charge in [-0.3, -0.25) is 9.59 Å². The highest BCUT2D eigenvalue weighted by molar-refractivity contribution is 5.94. The van der Waals surface area contributed by atoms with Crippen LogP contribution in [-0.2, 0) is 19.1 Å². The van der Waals surface area contributed by atoms with E-state index >= 15 is 0 Å². The molecule has 1 aliphatic carbocycles. The first-order valence-corrected chi connectivity index (χ1v) is 8.60. The third-order valence-electron chi connectivity index (χ3n) is 4.18. The van der Waals surface area contributed by atoms with Crippen LogP contribution in [0, 0.1) is 0 Å². The minimum atomic E-state index is -0.832. The normalized spacial score (nSPS) is 22.0. The Hall–Kier alpha value is -1.30. The summed E-state index contributed by atoms with van der Waals surface area (Å²) in [7, 11) is 0. The van der Waals surface area contributed by atoms with E-state index in [0.29, 0.717) is 24.2 Å². The molecule has 0 aliphatic heterocycles. The van der Waals surface area contributed by atoms with Crippen LogP contribution in [0.1, 0.15) is 52.4 Å². The molecule has 0 saturated heterocycles. The Morgan fingerprint density at radius 3 is 2.12 bits per heavy atom. The summed E-state index contributed by atoms with van der Waals surface area (Å²) >= 11 is 0. The highest BCUT2D eigenvalue weighted by atomic mass is 16.5. The number of carbonyl (C=O) groups is 2. The molecule has 1 rings (SSSR count). The highest BCUT2D eigenvalue weighted by Gasteiger charge is 2.27. The summed E-state index contributed by atoms with van der Waals surface area (Å²) in [4.78, 5) is 23.1. The van der Waals surface area contributed by atoms with Crippen LogP contribution in [0.4, 0.5) is 0 Å². The van der Waals surface area contributed by atoms with Gasteiger partial charge in [-0.15, -0.1) is 0 Å². The van der Waals surface area contributed by atoms with Crippen molar-refractivity contribution in [3.05, 3.63) is 24.3 Å². The maximum Gasteiger partial charge on any atom is 0.160 e. The van der Waals surface area contributed by atoms with E-state index in [9.17, 15) is 14.7 Å². The van der Waals surface area contributed by atoms with Crippen LogP contribution in [-0.4, -0.2) is 48.2 Å². The molecule has 136 valence electrons. The number of aliphatic hydroxyl groups is 1. The largest absolute Gasteiger partial charge is 0.390 e. The number of carbonyl (C=O) groups excluding carboxylic acids is 2. The molecule has 1 fully saturated rings. The molecule has 3 unspecified atom stereocenters. The van der Waals surface area contributed by atoms with Crippen LogP contribution in [0.25, 0.3) is 0 Å². The number of hydrogen-bond acceptors (Lipinski definition) is 5. The van der Waals surface area contributed by atoms with Crippen molar-refractivity contribution >= 4 is 11.6 Å². The zero-order valence-corrected chi connectivity index (χ0v) is 14.9. The molecular weight excluding hydrogens is 308 g/mol. The van der Waals surface area contributed by atoms with Crippen molar-refractivity contribution in [2.45, 2.75) is 70.7 Å². The number of hydrogen-bond donors (Lipinski definition) is 1. The van der Waals surface area contributed by atoms with Gasteiger partial charge in [0.2, 0.25) is 0 Å². The summed E-state index contributed by atoms with van der Waals surface area (Å²) in [5.41, 5.74) is 0.982. The monoisotopic (exact) mass is 338 g/mol. The van der Waals surface area contributed by atoms with E-state index in [1.165, 1.54) is 0 Å². The minimum Gasteiger partial charge on any atom is -0.390 e. The van der Waals surface area contributed by atoms with Crippen molar-refractivity contribution in [2.24, 2.45) is 0 Å². The lowest BCUT2D eigenvalue weighted by atomic mass is 9.94. The third-order valence-corrected chi connectivity index (χ3v) is 4.18. The van der Waals surface area contributed by atoms with E-state index in [-0.39, 0.29) is 36.8 Å². The van der Waals surface area contributed by atoms with Crippen LogP contribution in [0.3, 0.4) is 0 Å². The molecule has 0 bridgehead atoms. The Bertz CT molecular complexity index is 468. The van der Waals surface area contributed by atoms with Crippen LogP contribution >= 0.6 is 0 Å². The van der Waals surface area contributed by atoms with Crippen LogP contribution < -0.4 is 0 Å². The molecule has 0 aromatic carbocycles. The van der Waals surface area contributed by atoms with E-state index < -0.39 is 6.10 Å². The first kappa shape index (κ1) is 20.7. The second-order valence-corrected chi connectivity index (χ2v) is 6.58. The molecule has 0 aromatic heterocycles. The highest BCUT2D eigenvalue weighted by Crippen LogP contribution is 2.24. The summed E-state index contributed by atoms with van der Waals surface area (Å²) in [5.74, 6) is -0.141. The van der Waals surface area contributed by atoms with Gasteiger partial charge in [-0.05, 0) is 37.8 Å². The van der Waals surface area contributed by atoms with Crippen LogP contribution in [0.5, 0.6) is 0 Å². The molecular formula is C19H30O5. The molecule has 5 nitrogen and oxygen atoms in total. The van der Waals surface area contributed by atoms with Crippen molar-refractivity contribution < 1.29 is 24.2 Å². The zero-order valence-electron chi connectivity index (χ0n) is 14.9. The predicted molar refractivity (Wildman–Crippen MR) is 92.8 cm³/mol. The summed E-state index contributed by atoms with van der Waals surface area (Å²) in [6.07, 6.45) is 3.21. The van der Waals surface area contributed by atoms with Gasteiger partial charge in [-0.2, -0.15) is 0 Å². The van der Waals surface area contributed by atoms with Crippen molar-refractivity contribution in [3.63, 3.8) is 0 Å². The van der Waals surface area contributed by atoms with Gasteiger partial charge in [0.1, 0.15) is 0 Å². The zero-order chi connectivity index (χ0) is 18.1. The molecule has 5 heteroatoms. The van der Waals surface area contributed by atoms with Crippen molar-refractivity contribution in [1.82, 2.24) is 0 Å². The summed E-state index contributed by atoms with van der Waals surface area (Å²) < 4.78 is 11.6. The Morgan fingerprint density at radius 1 is 1.04 bits per heavy atom. The van der Waals surface area contributed by atoms with E-state index in [4.69, 9.17) is 9.47 Å². The Labute approximate surface area is 144 Å². The Balaban J connectivity index is 2.37. The second-order valence-electron chi connectivity index (χ2n) is 6.58. The minimum absolute atomic E-state index is 0.0111.